The van der Waals surface area contributed by atoms with Crippen LogP contribution in [0.15, 0.2) is 0 Å². The SMILES string of the molecule is CNC(C1CC1)C1CCO1. The van der Waals surface area contributed by atoms with Crippen molar-refractivity contribution in [3.8, 4) is 0 Å². The highest BCUT2D eigenvalue weighted by Crippen LogP contribution is 2.36. The van der Waals surface area contributed by atoms with Gasteiger partial charge in [-0.25, -0.2) is 0 Å². The van der Waals surface area contributed by atoms with E-state index in [0.29, 0.717) is 12.1 Å². The first-order valence-electron chi connectivity index (χ1n) is 4.20. The van der Waals surface area contributed by atoms with Gasteiger partial charge in [0.2, 0.25) is 0 Å². The highest BCUT2D eigenvalue weighted by atomic mass is 16.5. The van der Waals surface area contributed by atoms with Crippen molar-refractivity contribution in [2.75, 3.05) is 13.7 Å². The molecule has 1 N–H and O–H groups in total. The first kappa shape index (κ1) is 6.62. The number of hydrogen-bond donors (Lipinski definition) is 1. The monoisotopic (exact) mass is 141 g/mol. The lowest BCUT2D eigenvalue weighted by atomic mass is 10.0. The third-order valence-electron chi connectivity index (χ3n) is 2.60. The summed E-state index contributed by atoms with van der Waals surface area (Å²) in [6.45, 7) is 0.982. The molecule has 58 valence electrons. The fraction of sp³-hybridized carbons (Fsp3) is 1.00. The molecule has 2 unspecified atom stereocenters. The van der Waals surface area contributed by atoms with E-state index < -0.39 is 0 Å². The minimum atomic E-state index is 0.539. The minimum Gasteiger partial charge on any atom is -0.376 e. The van der Waals surface area contributed by atoms with Crippen molar-refractivity contribution in [3.05, 3.63) is 0 Å². The predicted molar refractivity (Wildman–Crippen MR) is 39.9 cm³/mol. The Kier molecular flexibility index (Phi) is 1.66. The van der Waals surface area contributed by atoms with Gasteiger partial charge in [0.1, 0.15) is 0 Å². The molecular weight excluding hydrogens is 126 g/mol. The van der Waals surface area contributed by atoms with Crippen LogP contribution in [-0.2, 0) is 4.74 Å². The van der Waals surface area contributed by atoms with Crippen LogP contribution in [0.3, 0.4) is 0 Å². The summed E-state index contributed by atoms with van der Waals surface area (Å²) < 4.78 is 5.42. The zero-order valence-corrected chi connectivity index (χ0v) is 6.47. The second kappa shape index (κ2) is 2.51. The van der Waals surface area contributed by atoms with Gasteiger partial charge in [-0.1, -0.05) is 0 Å². The molecule has 2 aliphatic rings. The van der Waals surface area contributed by atoms with Crippen LogP contribution in [0.5, 0.6) is 0 Å². The van der Waals surface area contributed by atoms with Gasteiger partial charge in [-0.05, 0) is 32.2 Å². The Labute approximate surface area is 61.9 Å². The van der Waals surface area contributed by atoms with E-state index in [1.807, 2.05) is 7.05 Å². The van der Waals surface area contributed by atoms with E-state index in [1.165, 1.54) is 19.3 Å². The van der Waals surface area contributed by atoms with Gasteiger partial charge < -0.3 is 10.1 Å². The maximum Gasteiger partial charge on any atom is 0.0752 e. The van der Waals surface area contributed by atoms with E-state index in [0.717, 1.165) is 12.5 Å². The van der Waals surface area contributed by atoms with E-state index in [4.69, 9.17) is 4.74 Å². The van der Waals surface area contributed by atoms with Crippen LogP contribution in [0.4, 0.5) is 0 Å². The molecule has 0 aromatic rings. The Hall–Kier alpha value is -0.0800. The standard InChI is InChI=1S/C8H15NO/c1-9-8(6-2-3-6)7-4-5-10-7/h6-9H,2-5H2,1H3. The first-order valence-corrected chi connectivity index (χ1v) is 4.20. The van der Waals surface area contributed by atoms with E-state index in [1.54, 1.807) is 0 Å². The Morgan fingerprint density at radius 2 is 2.10 bits per heavy atom. The molecule has 2 heteroatoms. The summed E-state index contributed by atoms with van der Waals surface area (Å²) >= 11 is 0. The van der Waals surface area contributed by atoms with Gasteiger partial charge in [-0.15, -0.1) is 0 Å². The van der Waals surface area contributed by atoms with Gasteiger partial charge in [-0.2, -0.15) is 0 Å². The van der Waals surface area contributed by atoms with Gasteiger partial charge in [-0.3, -0.25) is 0 Å². The van der Waals surface area contributed by atoms with Crippen molar-refractivity contribution in [1.82, 2.24) is 5.32 Å². The predicted octanol–water partition coefficient (Wildman–Crippen LogP) is 0.773. The first-order chi connectivity index (χ1) is 4.92. The van der Waals surface area contributed by atoms with Gasteiger partial charge in [0, 0.05) is 12.6 Å². The molecule has 1 aliphatic carbocycles. The van der Waals surface area contributed by atoms with E-state index in [2.05, 4.69) is 5.32 Å². The van der Waals surface area contributed by atoms with Gasteiger partial charge in [0.25, 0.3) is 0 Å². The average molecular weight is 141 g/mol. The van der Waals surface area contributed by atoms with Crippen LogP contribution in [0.25, 0.3) is 0 Å². The molecule has 1 saturated carbocycles. The molecule has 2 rings (SSSR count). The quantitative estimate of drug-likeness (QED) is 0.627. The molecule has 0 aromatic carbocycles. The zero-order chi connectivity index (χ0) is 6.97. The summed E-state index contributed by atoms with van der Waals surface area (Å²) in [5.41, 5.74) is 0. The summed E-state index contributed by atoms with van der Waals surface area (Å²) in [6, 6.07) is 0.661. The molecular formula is C8H15NO. The Morgan fingerprint density at radius 3 is 2.40 bits per heavy atom. The Bertz CT molecular complexity index is 118. The molecule has 2 atom stereocenters. The second-order valence-electron chi connectivity index (χ2n) is 3.35. The summed E-state index contributed by atoms with van der Waals surface area (Å²) in [6.07, 6.45) is 4.62. The fourth-order valence-corrected chi connectivity index (χ4v) is 1.72. The van der Waals surface area contributed by atoms with Crippen LogP contribution in [0, 0.1) is 5.92 Å². The molecule has 1 saturated heterocycles. The van der Waals surface area contributed by atoms with E-state index in [-0.39, 0.29) is 0 Å². The molecule has 0 bridgehead atoms. The van der Waals surface area contributed by atoms with Crippen molar-refractivity contribution >= 4 is 0 Å². The van der Waals surface area contributed by atoms with Crippen molar-refractivity contribution in [2.24, 2.45) is 5.92 Å². The largest absolute Gasteiger partial charge is 0.376 e. The number of likely N-dealkylation sites (N-methyl/N-ethyl adjacent to an activating group) is 1. The molecule has 0 radical (unpaired) electrons. The summed E-state index contributed by atoms with van der Waals surface area (Å²) in [4.78, 5) is 0. The third kappa shape index (κ3) is 1.06. The normalized spacial score (nSPS) is 35.1. The van der Waals surface area contributed by atoms with Crippen molar-refractivity contribution in [2.45, 2.75) is 31.4 Å². The molecule has 2 fully saturated rings. The van der Waals surface area contributed by atoms with E-state index in [9.17, 15) is 0 Å². The van der Waals surface area contributed by atoms with Crippen LogP contribution in [-0.4, -0.2) is 25.8 Å². The summed E-state index contributed by atoms with van der Waals surface area (Å²) in [5.74, 6) is 0.926. The lowest BCUT2D eigenvalue weighted by molar-refractivity contribution is -0.0740. The van der Waals surface area contributed by atoms with Crippen LogP contribution >= 0.6 is 0 Å². The number of ether oxygens (including phenoxy) is 1. The smallest absolute Gasteiger partial charge is 0.0752 e. The van der Waals surface area contributed by atoms with Crippen LogP contribution in [0.2, 0.25) is 0 Å². The van der Waals surface area contributed by atoms with Crippen molar-refractivity contribution in [1.29, 1.82) is 0 Å². The maximum absolute atomic E-state index is 5.42. The summed E-state index contributed by atoms with van der Waals surface area (Å²) in [7, 11) is 2.05. The average Bonchev–Trinajstić information content (AvgIpc) is 2.58. The molecule has 0 aromatic heterocycles. The van der Waals surface area contributed by atoms with Gasteiger partial charge in [0.15, 0.2) is 0 Å². The lowest BCUT2D eigenvalue weighted by Gasteiger charge is -2.34. The highest BCUT2D eigenvalue weighted by molar-refractivity contribution is 4.93. The van der Waals surface area contributed by atoms with Gasteiger partial charge >= 0.3 is 0 Å². The van der Waals surface area contributed by atoms with Crippen molar-refractivity contribution < 1.29 is 4.74 Å². The van der Waals surface area contributed by atoms with Crippen LogP contribution in [0.1, 0.15) is 19.3 Å². The molecule has 0 amide bonds. The number of nitrogens with one attached hydrogen (secondary N) is 1. The minimum absolute atomic E-state index is 0.539. The highest BCUT2D eigenvalue weighted by Gasteiger charge is 2.38. The zero-order valence-electron chi connectivity index (χ0n) is 6.47. The topological polar surface area (TPSA) is 21.3 Å². The van der Waals surface area contributed by atoms with Crippen molar-refractivity contribution in [3.63, 3.8) is 0 Å². The second-order valence-corrected chi connectivity index (χ2v) is 3.35. The third-order valence-corrected chi connectivity index (χ3v) is 2.60. The van der Waals surface area contributed by atoms with Gasteiger partial charge in [0.05, 0.1) is 6.10 Å². The van der Waals surface area contributed by atoms with Crippen LogP contribution < -0.4 is 5.32 Å². The molecule has 1 aliphatic heterocycles. The lowest BCUT2D eigenvalue weighted by Crippen LogP contribution is -2.46. The number of hydrogen-bond acceptors (Lipinski definition) is 2. The maximum atomic E-state index is 5.42. The Morgan fingerprint density at radius 1 is 1.40 bits per heavy atom. The number of rotatable bonds is 3. The molecule has 1 heterocycles. The van der Waals surface area contributed by atoms with E-state index >= 15 is 0 Å². The Balaban J connectivity index is 1.84. The molecule has 10 heavy (non-hydrogen) atoms. The molecule has 2 nitrogen and oxygen atoms in total. The molecule has 0 spiro atoms. The summed E-state index contributed by atoms with van der Waals surface area (Å²) in [5, 5.41) is 3.34. The fourth-order valence-electron chi connectivity index (χ4n) is 1.72.